The first-order valence-corrected chi connectivity index (χ1v) is 9.17. The highest BCUT2D eigenvalue weighted by Gasteiger charge is 2.33. The van der Waals surface area contributed by atoms with Crippen molar-refractivity contribution in [1.82, 2.24) is 15.1 Å². The third-order valence-electron chi connectivity index (χ3n) is 5.66. The molecule has 2 amide bonds. The summed E-state index contributed by atoms with van der Waals surface area (Å²) in [4.78, 5) is 17.4. The van der Waals surface area contributed by atoms with Crippen LogP contribution in [0.1, 0.15) is 55.9 Å². The molecule has 2 saturated heterocycles. The van der Waals surface area contributed by atoms with E-state index in [4.69, 9.17) is 4.42 Å². The van der Waals surface area contributed by atoms with Crippen LogP contribution < -0.4 is 5.32 Å². The molecule has 23 heavy (non-hydrogen) atoms. The van der Waals surface area contributed by atoms with Crippen molar-refractivity contribution in [2.75, 3.05) is 26.2 Å². The maximum absolute atomic E-state index is 12.8. The smallest absolute Gasteiger partial charge is 0.318 e. The fourth-order valence-corrected chi connectivity index (χ4v) is 4.42. The molecule has 1 aliphatic carbocycles. The number of hydrogen-bond donors (Lipinski definition) is 1. The summed E-state index contributed by atoms with van der Waals surface area (Å²) in [6, 6.07) is 2.65. The molecule has 126 valence electrons. The van der Waals surface area contributed by atoms with Crippen molar-refractivity contribution in [3.63, 3.8) is 0 Å². The van der Waals surface area contributed by atoms with Crippen LogP contribution in [0, 0.1) is 0 Å². The second-order valence-corrected chi connectivity index (χ2v) is 7.19. The summed E-state index contributed by atoms with van der Waals surface area (Å²) in [5, 5.41) is 3.27. The fraction of sp³-hybridized carbons (Fsp3) is 0.722. The zero-order chi connectivity index (χ0) is 15.6. The number of rotatable bonds is 3. The summed E-state index contributed by atoms with van der Waals surface area (Å²) in [6.07, 6.45) is 9.75. The number of aryl methyl sites for hydroxylation is 1. The number of urea groups is 1. The van der Waals surface area contributed by atoms with Gasteiger partial charge in [0.05, 0.1) is 12.3 Å². The van der Waals surface area contributed by atoms with E-state index in [1.54, 1.807) is 6.26 Å². The van der Waals surface area contributed by atoms with Crippen molar-refractivity contribution in [2.45, 2.75) is 57.0 Å². The van der Waals surface area contributed by atoms with Crippen LogP contribution in [-0.4, -0.2) is 48.1 Å². The van der Waals surface area contributed by atoms with Crippen LogP contribution in [0.25, 0.3) is 0 Å². The number of carbonyl (C=O) groups excluding carboxylic acids is 1. The van der Waals surface area contributed by atoms with Crippen LogP contribution in [0.2, 0.25) is 0 Å². The molecule has 5 heteroatoms. The molecular weight excluding hydrogens is 290 g/mol. The summed E-state index contributed by atoms with van der Waals surface area (Å²) in [5.41, 5.74) is 1.18. The molecule has 5 nitrogen and oxygen atoms in total. The van der Waals surface area contributed by atoms with Crippen molar-refractivity contribution in [1.29, 1.82) is 0 Å². The Morgan fingerprint density at radius 3 is 2.91 bits per heavy atom. The van der Waals surface area contributed by atoms with Gasteiger partial charge in [-0.1, -0.05) is 0 Å². The lowest BCUT2D eigenvalue weighted by molar-refractivity contribution is 0.170. The van der Waals surface area contributed by atoms with Crippen LogP contribution in [0.5, 0.6) is 0 Å². The zero-order valence-electron chi connectivity index (χ0n) is 13.8. The maximum atomic E-state index is 12.8. The number of carbonyl (C=O) groups is 1. The summed E-state index contributed by atoms with van der Waals surface area (Å²) in [7, 11) is 0. The van der Waals surface area contributed by atoms with E-state index in [2.05, 4.69) is 15.1 Å². The Morgan fingerprint density at radius 2 is 2.04 bits per heavy atom. The van der Waals surface area contributed by atoms with Gasteiger partial charge in [-0.3, -0.25) is 0 Å². The highest BCUT2D eigenvalue weighted by atomic mass is 16.3. The number of nitrogens with zero attached hydrogens (tertiary/aromatic N) is 2. The van der Waals surface area contributed by atoms with Gasteiger partial charge in [0.25, 0.3) is 0 Å². The normalized spacial score (nSPS) is 28.1. The number of fused-ring (bicyclic) bond motifs is 1. The SMILES string of the molecule is O=C(NC1CCCc2occc21)N1CCCC1CN1CCCC1. The Hall–Kier alpha value is -1.49. The molecule has 0 aromatic carbocycles. The molecule has 1 aromatic rings. The largest absolute Gasteiger partial charge is 0.469 e. The van der Waals surface area contributed by atoms with Crippen LogP contribution in [0.3, 0.4) is 0 Å². The van der Waals surface area contributed by atoms with E-state index in [0.29, 0.717) is 6.04 Å². The summed E-state index contributed by atoms with van der Waals surface area (Å²) in [6.45, 7) is 4.35. The molecule has 1 aromatic heterocycles. The van der Waals surface area contributed by atoms with Crippen LogP contribution >= 0.6 is 0 Å². The van der Waals surface area contributed by atoms with Gasteiger partial charge in [0, 0.05) is 31.1 Å². The van der Waals surface area contributed by atoms with Gasteiger partial charge in [0.1, 0.15) is 5.76 Å². The lowest BCUT2D eigenvalue weighted by Gasteiger charge is -2.31. The maximum Gasteiger partial charge on any atom is 0.318 e. The predicted octanol–water partition coefficient (Wildman–Crippen LogP) is 2.93. The van der Waals surface area contributed by atoms with Gasteiger partial charge in [-0.05, 0) is 57.7 Å². The van der Waals surface area contributed by atoms with E-state index in [0.717, 1.165) is 51.0 Å². The average Bonchev–Trinajstić information content (AvgIpc) is 3.29. The topological polar surface area (TPSA) is 48.7 Å². The van der Waals surface area contributed by atoms with Crippen LogP contribution in [-0.2, 0) is 6.42 Å². The van der Waals surface area contributed by atoms with E-state index >= 15 is 0 Å². The van der Waals surface area contributed by atoms with Crippen LogP contribution in [0.15, 0.2) is 16.7 Å². The highest BCUT2D eigenvalue weighted by molar-refractivity contribution is 5.75. The molecule has 3 heterocycles. The second-order valence-electron chi connectivity index (χ2n) is 7.19. The van der Waals surface area contributed by atoms with Crippen molar-refractivity contribution >= 4 is 6.03 Å². The molecule has 0 bridgehead atoms. The highest BCUT2D eigenvalue weighted by Crippen LogP contribution is 2.31. The van der Waals surface area contributed by atoms with Gasteiger partial charge in [0.15, 0.2) is 0 Å². The van der Waals surface area contributed by atoms with Crippen molar-refractivity contribution in [3.8, 4) is 0 Å². The number of likely N-dealkylation sites (tertiary alicyclic amines) is 2. The molecule has 0 spiro atoms. The molecule has 1 N–H and O–H groups in total. The van der Waals surface area contributed by atoms with Gasteiger partial charge >= 0.3 is 6.03 Å². The van der Waals surface area contributed by atoms with Gasteiger partial charge < -0.3 is 19.5 Å². The Morgan fingerprint density at radius 1 is 1.17 bits per heavy atom. The third-order valence-corrected chi connectivity index (χ3v) is 5.66. The Kier molecular flexibility index (Phi) is 4.29. The average molecular weight is 317 g/mol. The number of hydrogen-bond acceptors (Lipinski definition) is 3. The first-order chi connectivity index (χ1) is 11.3. The summed E-state index contributed by atoms with van der Waals surface area (Å²) in [5.74, 6) is 1.05. The van der Waals surface area contributed by atoms with Crippen molar-refractivity contribution in [3.05, 3.63) is 23.7 Å². The second kappa shape index (κ2) is 6.56. The molecule has 3 aliphatic rings. The molecule has 2 unspecified atom stereocenters. The molecular formula is C18H27N3O2. The van der Waals surface area contributed by atoms with E-state index in [1.165, 1.54) is 31.5 Å². The van der Waals surface area contributed by atoms with Crippen LogP contribution in [0.4, 0.5) is 4.79 Å². The minimum absolute atomic E-state index is 0.116. The Balaban J connectivity index is 1.38. The first-order valence-electron chi connectivity index (χ1n) is 9.17. The van der Waals surface area contributed by atoms with E-state index in [-0.39, 0.29) is 12.1 Å². The third kappa shape index (κ3) is 3.11. The standard InChI is InChI=1S/C18H27N3O2/c22-18(19-16-6-3-7-17-15(16)8-12-23-17)21-11-4-5-14(21)13-20-9-1-2-10-20/h8,12,14,16H,1-7,9-11,13H2,(H,19,22). The van der Waals surface area contributed by atoms with E-state index < -0.39 is 0 Å². The zero-order valence-corrected chi connectivity index (χ0v) is 13.8. The van der Waals surface area contributed by atoms with Gasteiger partial charge in [0.2, 0.25) is 0 Å². The van der Waals surface area contributed by atoms with Gasteiger partial charge in [-0.15, -0.1) is 0 Å². The van der Waals surface area contributed by atoms with E-state index in [1.807, 2.05) is 6.07 Å². The molecule has 2 aliphatic heterocycles. The Labute approximate surface area is 138 Å². The molecule has 4 rings (SSSR count). The minimum atomic E-state index is 0.116. The quantitative estimate of drug-likeness (QED) is 0.932. The minimum Gasteiger partial charge on any atom is -0.469 e. The molecule has 0 saturated carbocycles. The lowest BCUT2D eigenvalue weighted by Crippen LogP contribution is -2.48. The molecule has 2 atom stereocenters. The van der Waals surface area contributed by atoms with Gasteiger partial charge in [-0.25, -0.2) is 4.79 Å². The molecule has 0 radical (unpaired) electrons. The first kappa shape index (κ1) is 15.1. The summed E-state index contributed by atoms with van der Waals surface area (Å²) >= 11 is 0. The van der Waals surface area contributed by atoms with Crippen molar-refractivity contribution in [2.24, 2.45) is 0 Å². The number of nitrogens with one attached hydrogen (secondary N) is 1. The number of furan rings is 1. The van der Waals surface area contributed by atoms with Gasteiger partial charge in [-0.2, -0.15) is 0 Å². The van der Waals surface area contributed by atoms with Crippen molar-refractivity contribution < 1.29 is 9.21 Å². The number of amides is 2. The van der Waals surface area contributed by atoms with E-state index in [9.17, 15) is 4.79 Å². The lowest BCUT2D eigenvalue weighted by atomic mass is 9.93. The fourth-order valence-electron chi connectivity index (χ4n) is 4.42. The monoisotopic (exact) mass is 317 g/mol. The molecule has 2 fully saturated rings. The predicted molar refractivity (Wildman–Crippen MR) is 88.3 cm³/mol. The summed E-state index contributed by atoms with van der Waals surface area (Å²) < 4.78 is 5.53. The Bertz CT molecular complexity index is 550.